The zero-order valence-corrected chi connectivity index (χ0v) is 12.4. The Bertz CT molecular complexity index is 352. The normalized spacial score (nSPS) is 10.9. The highest BCUT2D eigenvalue weighted by Gasteiger charge is 1.98. The highest BCUT2D eigenvalue weighted by atomic mass is 35.5. The molecule has 0 atom stereocenters. The average molecular weight is 270 g/mol. The van der Waals surface area contributed by atoms with Crippen LogP contribution in [0.5, 0.6) is 5.75 Å². The number of aryl methyl sites for hydroxylation is 1. The quantitative estimate of drug-likeness (QED) is 0.719. The number of hydrogen-bond acceptors (Lipinski definition) is 2. The third-order valence-corrected chi connectivity index (χ3v) is 3.24. The largest absolute Gasteiger partial charge is 0.492 e. The maximum absolute atomic E-state index is 5.96. The molecule has 0 aliphatic carbocycles. The molecule has 102 valence electrons. The SMILES string of the molecule is Cc1cc(OCCNCCCC(C)C)ccc1Cl. The standard InChI is InChI=1S/C15H24ClNO/c1-12(2)5-4-8-17-9-10-18-14-6-7-15(16)13(3)11-14/h6-7,11-12,17H,4-5,8-10H2,1-3H3. The second-order valence-corrected chi connectivity index (χ2v) is 5.45. The minimum Gasteiger partial charge on any atom is -0.492 e. The molecule has 0 aliphatic heterocycles. The topological polar surface area (TPSA) is 21.3 Å². The van der Waals surface area contributed by atoms with E-state index in [0.29, 0.717) is 6.61 Å². The van der Waals surface area contributed by atoms with Gasteiger partial charge in [-0.1, -0.05) is 25.4 Å². The fourth-order valence-electron chi connectivity index (χ4n) is 1.71. The first-order chi connectivity index (χ1) is 8.59. The predicted molar refractivity (Wildman–Crippen MR) is 78.6 cm³/mol. The Morgan fingerprint density at radius 1 is 1.28 bits per heavy atom. The van der Waals surface area contributed by atoms with E-state index in [1.807, 2.05) is 25.1 Å². The summed E-state index contributed by atoms with van der Waals surface area (Å²) in [5.74, 6) is 1.68. The molecule has 0 amide bonds. The summed E-state index contributed by atoms with van der Waals surface area (Å²) < 4.78 is 5.65. The van der Waals surface area contributed by atoms with Crippen molar-refractivity contribution in [1.82, 2.24) is 5.32 Å². The van der Waals surface area contributed by atoms with E-state index in [9.17, 15) is 0 Å². The van der Waals surface area contributed by atoms with Gasteiger partial charge in [-0.2, -0.15) is 0 Å². The molecule has 1 N–H and O–H groups in total. The van der Waals surface area contributed by atoms with Crippen LogP contribution in [-0.2, 0) is 0 Å². The molecule has 2 nitrogen and oxygen atoms in total. The number of nitrogens with one attached hydrogen (secondary N) is 1. The maximum Gasteiger partial charge on any atom is 0.119 e. The Balaban J connectivity index is 2.09. The monoisotopic (exact) mass is 269 g/mol. The summed E-state index contributed by atoms with van der Waals surface area (Å²) in [7, 11) is 0. The highest BCUT2D eigenvalue weighted by molar-refractivity contribution is 6.31. The molecule has 0 aliphatic rings. The van der Waals surface area contributed by atoms with Crippen LogP contribution in [0.4, 0.5) is 0 Å². The van der Waals surface area contributed by atoms with Gasteiger partial charge in [-0.05, 0) is 56.0 Å². The van der Waals surface area contributed by atoms with Gasteiger partial charge in [0.1, 0.15) is 12.4 Å². The minimum absolute atomic E-state index is 0.697. The van der Waals surface area contributed by atoms with Crippen molar-refractivity contribution in [1.29, 1.82) is 0 Å². The fraction of sp³-hybridized carbons (Fsp3) is 0.600. The smallest absolute Gasteiger partial charge is 0.119 e. The van der Waals surface area contributed by atoms with Crippen LogP contribution >= 0.6 is 11.6 Å². The van der Waals surface area contributed by atoms with E-state index in [-0.39, 0.29) is 0 Å². The molecule has 0 radical (unpaired) electrons. The van der Waals surface area contributed by atoms with Crippen LogP contribution in [0.25, 0.3) is 0 Å². The number of hydrogen-bond donors (Lipinski definition) is 1. The van der Waals surface area contributed by atoms with Crippen LogP contribution < -0.4 is 10.1 Å². The summed E-state index contributed by atoms with van der Waals surface area (Å²) in [4.78, 5) is 0. The van der Waals surface area contributed by atoms with E-state index >= 15 is 0 Å². The molecule has 1 aromatic rings. The van der Waals surface area contributed by atoms with Gasteiger partial charge in [-0.25, -0.2) is 0 Å². The Morgan fingerprint density at radius 2 is 2.06 bits per heavy atom. The van der Waals surface area contributed by atoms with Gasteiger partial charge in [0, 0.05) is 11.6 Å². The van der Waals surface area contributed by atoms with Gasteiger partial charge in [0.25, 0.3) is 0 Å². The van der Waals surface area contributed by atoms with Crippen LogP contribution in [-0.4, -0.2) is 19.7 Å². The van der Waals surface area contributed by atoms with Crippen molar-refractivity contribution < 1.29 is 4.74 Å². The first kappa shape index (κ1) is 15.3. The minimum atomic E-state index is 0.697. The van der Waals surface area contributed by atoms with Crippen LogP contribution in [0, 0.1) is 12.8 Å². The first-order valence-corrected chi connectivity index (χ1v) is 7.07. The fourth-order valence-corrected chi connectivity index (χ4v) is 1.83. The number of ether oxygens (including phenoxy) is 1. The molecule has 0 unspecified atom stereocenters. The molecule has 18 heavy (non-hydrogen) atoms. The second-order valence-electron chi connectivity index (χ2n) is 5.05. The Morgan fingerprint density at radius 3 is 2.72 bits per heavy atom. The van der Waals surface area contributed by atoms with Gasteiger partial charge in [-0.3, -0.25) is 0 Å². The van der Waals surface area contributed by atoms with E-state index in [4.69, 9.17) is 16.3 Å². The van der Waals surface area contributed by atoms with E-state index in [2.05, 4.69) is 19.2 Å². The Labute approximate surface area is 116 Å². The number of benzene rings is 1. The van der Waals surface area contributed by atoms with Gasteiger partial charge in [0.15, 0.2) is 0 Å². The van der Waals surface area contributed by atoms with E-state index in [0.717, 1.165) is 35.3 Å². The number of rotatable bonds is 8. The van der Waals surface area contributed by atoms with Gasteiger partial charge < -0.3 is 10.1 Å². The van der Waals surface area contributed by atoms with Crippen molar-refractivity contribution in [3.05, 3.63) is 28.8 Å². The van der Waals surface area contributed by atoms with Crippen molar-refractivity contribution in [2.45, 2.75) is 33.6 Å². The molecule has 1 aromatic carbocycles. The molecule has 0 bridgehead atoms. The summed E-state index contributed by atoms with van der Waals surface area (Å²) in [5, 5.41) is 4.17. The summed E-state index contributed by atoms with van der Waals surface area (Å²) >= 11 is 5.96. The van der Waals surface area contributed by atoms with Crippen LogP contribution in [0.1, 0.15) is 32.3 Å². The lowest BCUT2D eigenvalue weighted by molar-refractivity contribution is 0.313. The Hall–Kier alpha value is -0.730. The second kappa shape index (κ2) is 8.39. The van der Waals surface area contributed by atoms with E-state index in [1.54, 1.807) is 0 Å². The third-order valence-electron chi connectivity index (χ3n) is 2.81. The average Bonchev–Trinajstić information content (AvgIpc) is 2.32. The molecular weight excluding hydrogens is 246 g/mol. The number of halogens is 1. The summed E-state index contributed by atoms with van der Waals surface area (Å²) in [6, 6.07) is 5.76. The van der Waals surface area contributed by atoms with Gasteiger partial charge in [0.05, 0.1) is 0 Å². The first-order valence-electron chi connectivity index (χ1n) is 6.69. The van der Waals surface area contributed by atoms with Crippen molar-refractivity contribution in [3.63, 3.8) is 0 Å². The van der Waals surface area contributed by atoms with Crippen LogP contribution in [0.3, 0.4) is 0 Å². The molecule has 0 saturated carbocycles. The summed E-state index contributed by atoms with van der Waals surface area (Å²) in [6.45, 7) is 9.15. The summed E-state index contributed by atoms with van der Waals surface area (Å²) in [5.41, 5.74) is 1.05. The maximum atomic E-state index is 5.96. The van der Waals surface area contributed by atoms with Gasteiger partial charge in [-0.15, -0.1) is 0 Å². The molecule has 0 saturated heterocycles. The molecule has 0 heterocycles. The molecule has 3 heteroatoms. The Kier molecular flexibility index (Phi) is 7.14. The van der Waals surface area contributed by atoms with Crippen LogP contribution in [0.2, 0.25) is 5.02 Å². The molecule has 0 fully saturated rings. The van der Waals surface area contributed by atoms with Crippen LogP contribution in [0.15, 0.2) is 18.2 Å². The zero-order valence-electron chi connectivity index (χ0n) is 11.6. The van der Waals surface area contributed by atoms with Crippen molar-refractivity contribution in [2.75, 3.05) is 19.7 Å². The van der Waals surface area contributed by atoms with E-state index in [1.165, 1.54) is 12.8 Å². The zero-order chi connectivity index (χ0) is 13.4. The molecular formula is C15H24ClNO. The lowest BCUT2D eigenvalue weighted by Crippen LogP contribution is -2.22. The van der Waals surface area contributed by atoms with E-state index < -0.39 is 0 Å². The lowest BCUT2D eigenvalue weighted by atomic mass is 10.1. The predicted octanol–water partition coefficient (Wildman–Crippen LogP) is 4.05. The summed E-state index contributed by atoms with van der Waals surface area (Å²) in [6.07, 6.45) is 2.52. The highest BCUT2D eigenvalue weighted by Crippen LogP contribution is 2.20. The molecule has 1 rings (SSSR count). The van der Waals surface area contributed by atoms with Crippen molar-refractivity contribution in [2.24, 2.45) is 5.92 Å². The lowest BCUT2D eigenvalue weighted by Gasteiger charge is -2.09. The van der Waals surface area contributed by atoms with Gasteiger partial charge in [0.2, 0.25) is 0 Å². The van der Waals surface area contributed by atoms with Gasteiger partial charge >= 0.3 is 0 Å². The molecule has 0 aromatic heterocycles. The van der Waals surface area contributed by atoms with Crippen molar-refractivity contribution in [3.8, 4) is 5.75 Å². The van der Waals surface area contributed by atoms with Crippen molar-refractivity contribution >= 4 is 11.6 Å². The third kappa shape index (κ3) is 6.27. The molecule has 0 spiro atoms.